The predicted molar refractivity (Wildman–Crippen MR) is 114 cm³/mol. The van der Waals surface area contributed by atoms with Gasteiger partial charge in [-0.15, -0.1) is 0 Å². The minimum absolute atomic E-state index is 0.00627. The first-order chi connectivity index (χ1) is 15.6. The molecule has 2 aromatic carbocycles. The molecule has 0 fully saturated rings. The van der Waals surface area contributed by atoms with E-state index in [-0.39, 0.29) is 17.8 Å². The number of pyridine rings is 1. The van der Waals surface area contributed by atoms with Crippen molar-refractivity contribution in [3.8, 4) is 0 Å². The zero-order valence-corrected chi connectivity index (χ0v) is 16.7. The van der Waals surface area contributed by atoms with E-state index in [0.717, 1.165) is 12.1 Å². The second-order valence-electron chi connectivity index (χ2n) is 7.15. The molecule has 0 saturated heterocycles. The summed E-state index contributed by atoms with van der Waals surface area (Å²) in [4.78, 5) is 34.8. The van der Waals surface area contributed by atoms with Crippen molar-refractivity contribution in [1.82, 2.24) is 15.0 Å². The molecule has 0 spiro atoms. The van der Waals surface area contributed by atoms with Crippen LogP contribution >= 0.6 is 0 Å². The van der Waals surface area contributed by atoms with Crippen molar-refractivity contribution in [2.45, 2.75) is 12.6 Å². The molecule has 0 atom stereocenters. The lowest BCUT2D eigenvalue weighted by atomic mass is 9.98. The molecule has 0 aliphatic heterocycles. The molecular weight excluding hydrogens is 442 g/mol. The van der Waals surface area contributed by atoms with Crippen molar-refractivity contribution < 1.29 is 22.4 Å². The van der Waals surface area contributed by atoms with Crippen LogP contribution in [0.5, 0.6) is 0 Å². The fourth-order valence-corrected chi connectivity index (χ4v) is 3.25. The van der Waals surface area contributed by atoms with Crippen LogP contribution in [-0.2, 0) is 12.6 Å². The van der Waals surface area contributed by atoms with Crippen LogP contribution in [0.3, 0.4) is 0 Å². The van der Waals surface area contributed by atoms with Gasteiger partial charge in [0.25, 0.3) is 5.56 Å². The molecule has 4 rings (SSSR count). The van der Waals surface area contributed by atoms with Crippen molar-refractivity contribution in [3.05, 3.63) is 87.7 Å². The summed E-state index contributed by atoms with van der Waals surface area (Å²) >= 11 is 0. The summed E-state index contributed by atoms with van der Waals surface area (Å²) in [5.41, 5.74) is 4.59. The van der Waals surface area contributed by atoms with E-state index in [4.69, 9.17) is 5.73 Å². The number of H-pyrrole nitrogens is 1. The number of alkyl halides is 3. The van der Waals surface area contributed by atoms with E-state index < -0.39 is 34.5 Å². The standard InChI is InChI=1S/C22H15F4N5O2/c23-12-3-6-14(16(8-12)22(24,25)26)18(32)7-11-1-4-13(5-2-11)30-19-15-9-17(27)21(33)31-20(15)29-10-28-19/h1-6,8-10H,7,27H2,(H2,28,29,30,31,33). The first-order valence-electron chi connectivity index (χ1n) is 9.51. The van der Waals surface area contributed by atoms with Crippen molar-refractivity contribution in [1.29, 1.82) is 0 Å². The highest BCUT2D eigenvalue weighted by Gasteiger charge is 2.35. The van der Waals surface area contributed by atoms with E-state index in [9.17, 15) is 27.2 Å². The molecule has 4 N–H and O–H groups in total. The molecule has 11 heteroatoms. The number of aromatic amines is 1. The number of nitrogens with one attached hydrogen (secondary N) is 2. The SMILES string of the molecule is Nc1cc2c(Nc3ccc(CC(=O)c4ccc(F)cc4C(F)(F)F)cc3)ncnc2[nH]c1=O. The molecule has 4 aromatic rings. The number of nitrogen functional groups attached to an aromatic ring is 1. The molecule has 0 aliphatic rings. The van der Waals surface area contributed by atoms with Gasteiger partial charge in [0.2, 0.25) is 0 Å². The number of aromatic nitrogens is 3. The summed E-state index contributed by atoms with van der Waals surface area (Å²) in [5, 5.41) is 3.51. The van der Waals surface area contributed by atoms with Crippen LogP contribution < -0.4 is 16.6 Å². The van der Waals surface area contributed by atoms with Gasteiger partial charge in [-0.1, -0.05) is 12.1 Å². The van der Waals surface area contributed by atoms with Crippen LogP contribution in [0, 0.1) is 5.82 Å². The maximum absolute atomic E-state index is 13.3. The number of carbonyl (C=O) groups is 1. The van der Waals surface area contributed by atoms with Gasteiger partial charge < -0.3 is 16.0 Å². The maximum atomic E-state index is 13.3. The molecule has 2 aromatic heterocycles. The van der Waals surface area contributed by atoms with Crippen LogP contribution in [-0.4, -0.2) is 20.7 Å². The molecule has 0 unspecified atom stereocenters. The number of nitrogens with two attached hydrogens (primary N) is 1. The fourth-order valence-electron chi connectivity index (χ4n) is 3.25. The fraction of sp³-hybridized carbons (Fsp3) is 0.0909. The smallest absolute Gasteiger partial charge is 0.394 e. The normalized spacial score (nSPS) is 11.5. The number of fused-ring (bicyclic) bond motifs is 1. The van der Waals surface area contributed by atoms with Crippen LogP contribution in [0.15, 0.2) is 59.7 Å². The van der Waals surface area contributed by atoms with Gasteiger partial charge in [0.1, 0.15) is 23.6 Å². The number of hydrogen-bond donors (Lipinski definition) is 3. The lowest BCUT2D eigenvalue weighted by Crippen LogP contribution is -2.15. The van der Waals surface area contributed by atoms with Crippen molar-refractivity contribution >= 4 is 34.0 Å². The second kappa shape index (κ2) is 8.34. The summed E-state index contributed by atoms with van der Waals surface area (Å²) in [6.45, 7) is 0. The summed E-state index contributed by atoms with van der Waals surface area (Å²) in [6, 6.07) is 9.76. The van der Waals surface area contributed by atoms with Crippen LogP contribution in [0.4, 0.5) is 34.8 Å². The van der Waals surface area contributed by atoms with Crippen LogP contribution in [0.2, 0.25) is 0 Å². The van der Waals surface area contributed by atoms with E-state index in [1.807, 2.05) is 0 Å². The summed E-state index contributed by atoms with van der Waals surface area (Å²) in [6.07, 6.45) is -3.90. The van der Waals surface area contributed by atoms with E-state index in [2.05, 4.69) is 20.3 Å². The highest BCUT2D eigenvalue weighted by Crippen LogP contribution is 2.33. The average Bonchev–Trinajstić information content (AvgIpc) is 2.76. The summed E-state index contributed by atoms with van der Waals surface area (Å²) in [7, 11) is 0. The molecule has 0 radical (unpaired) electrons. The zero-order chi connectivity index (χ0) is 23.8. The largest absolute Gasteiger partial charge is 0.417 e. The lowest BCUT2D eigenvalue weighted by Gasteiger charge is -2.12. The Balaban J connectivity index is 1.55. The highest BCUT2D eigenvalue weighted by molar-refractivity contribution is 5.99. The number of halogens is 4. The van der Waals surface area contributed by atoms with Gasteiger partial charge in [0.05, 0.1) is 16.6 Å². The number of rotatable bonds is 5. The number of carbonyl (C=O) groups excluding carboxylic acids is 1. The predicted octanol–water partition coefficient (Wildman–Crippen LogP) is 4.23. The Morgan fingerprint density at radius 1 is 1.06 bits per heavy atom. The van der Waals surface area contributed by atoms with Crippen molar-refractivity contribution in [2.24, 2.45) is 0 Å². The molecule has 33 heavy (non-hydrogen) atoms. The Morgan fingerprint density at radius 2 is 1.79 bits per heavy atom. The summed E-state index contributed by atoms with van der Waals surface area (Å²) in [5.74, 6) is -1.49. The van der Waals surface area contributed by atoms with Gasteiger partial charge in [-0.2, -0.15) is 13.2 Å². The molecular formula is C22H15F4N5O2. The molecule has 0 bridgehead atoms. The lowest BCUT2D eigenvalue weighted by molar-refractivity contribution is -0.138. The molecule has 7 nitrogen and oxygen atoms in total. The number of anilines is 3. The van der Waals surface area contributed by atoms with Crippen molar-refractivity contribution in [3.63, 3.8) is 0 Å². The molecule has 168 valence electrons. The Hall–Kier alpha value is -4.28. The summed E-state index contributed by atoms with van der Waals surface area (Å²) < 4.78 is 52.8. The van der Waals surface area contributed by atoms with Gasteiger partial charge in [0.15, 0.2) is 5.78 Å². The van der Waals surface area contributed by atoms with Gasteiger partial charge in [-0.3, -0.25) is 9.59 Å². The molecule has 0 aliphatic carbocycles. The third-order valence-corrected chi connectivity index (χ3v) is 4.85. The third kappa shape index (κ3) is 4.66. The van der Waals surface area contributed by atoms with Crippen LogP contribution in [0.25, 0.3) is 11.0 Å². The molecule has 0 amide bonds. The van der Waals surface area contributed by atoms with Gasteiger partial charge in [-0.05, 0) is 42.0 Å². The number of Topliss-reactive ketones (excluding diaryl/α,β-unsaturated/α-hetero) is 1. The van der Waals surface area contributed by atoms with E-state index in [0.29, 0.717) is 28.5 Å². The average molecular weight is 457 g/mol. The number of ketones is 1. The van der Waals surface area contributed by atoms with Gasteiger partial charge >= 0.3 is 6.18 Å². The Morgan fingerprint density at radius 3 is 2.48 bits per heavy atom. The van der Waals surface area contributed by atoms with Gasteiger partial charge in [-0.25, -0.2) is 14.4 Å². The third-order valence-electron chi connectivity index (χ3n) is 4.85. The minimum atomic E-state index is -4.85. The zero-order valence-electron chi connectivity index (χ0n) is 16.7. The van der Waals surface area contributed by atoms with E-state index >= 15 is 0 Å². The van der Waals surface area contributed by atoms with E-state index in [1.54, 1.807) is 24.3 Å². The second-order valence-corrected chi connectivity index (χ2v) is 7.15. The number of hydrogen-bond acceptors (Lipinski definition) is 6. The first kappa shape index (κ1) is 21.9. The molecule has 0 saturated carbocycles. The van der Waals surface area contributed by atoms with E-state index in [1.165, 1.54) is 12.4 Å². The Kier molecular flexibility index (Phi) is 5.54. The highest BCUT2D eigenvalue weighted by atomic mass is 19.4. The first-order valence-corrected chi connectivity index (χ1v) is 9.51. The number of nitrogens with zero attached hydrogens (tertiary/aromatic N) is 2. The van der Waals surface area contributed by atoms with Crippen LogP contribution in [0.1, 0.15) is 21.5 Å². The number of benzene rings is 2. The topological polar surface area (TPSA) is 114 Å². The Bertz CT molecular complexity index is 1420. The van der Waals surface area contributed by atoms with Crippen molar-refractivity contribution in [2.75, 3.05) is 11.1 Å². The quantitative estimate of drug-likeness (QED) is 0.305. The monoisotopic (exact) mass is 457 g/mol. The Labute approximate surface area is 183 Å². The maximum Gasteiger partial charge on any atom is 0.417 e. The minimum Gasteiger partial charge on any atom is -0.394 e. The molecule has 2 heterocycles. The van der Waals surface area contributed by atoms with Gasteiger partial charge in [0, 0.05) is 17.7 Å².